The van der Waals surface area contributed by atoms with Crippen molar-refractivity contribution in [2.45, 2.75) is 25.8 Å². The Morgan fingerprint density at radius 3 is 2.93 bits per heavy atom. The van der Waals surface area contributed by atoms with Gasteiger partial charge in [-0.25, -0.2) is 0 Å². The van der Waals surface area contributed by atoms with Crippen LogP contribution in [0.25, 0.3) is 0 Å². The molecule has 2 unspecified atom stereocenters. The molecule has 3 N–H and O–H groups in total. The van der Waals surface area contributed by atoms with E-state index in [1.807, 2.05) is 12.1 Å². The number of aryl methyl sites for hydroxylation is 1. The monoisotopic (exact) mass is 191 g/mol. The average molecular weight is 191 g/mol. The number of benzene rings is 1. The Kier molecular flexibility index (Phi) is 2.13. The van der Waals surface area contributed by atoms with Gasteiger partial charge in [-0.1, -0.05) is 25.1 Å². The van der Waals surface area contributed by atoms with Crippen LogP contribution in [0.2, 0.25) is 0 Å². The van der Waals surface area contributed by atoms with E-state index in [1.165, 1.54) is 11.1 Å². The molecule has 0 fully saturated rings. The zero-order valence-corrected chi connectivity index (χ0v) is 8.75. The highest BCUT2D eigenvalue weighted by Gasteiger charge is 2.41. The molecule has 1 aromatic carbocycles. The molecule has 2 heteroatoms. The minimum atomic E-state index is -0.526. The lowest BCUT2D eigenvalue weighted by molar-refractivity contribution is 0.159. The van der Waals surface area contributed by atoms with Crippen LogP contribution in [-0.4, -0.2) is 11.7 Å². The van der Waals surface area contributed by atoms with Crippen molar-refractivity contribution in [2.24, 2.45) is 11.7 Å². The fourth-order valence-corrected chi connectivity index (χ4v) is 2.40. The summed E-state index contributed by atoms with van der Waals surface area (Å²) in [4.78, 5) is 0. The maximum absolute atomic E-state index is 9.41. The van der Waals surface area contributed by atoms with Gasteiger partial charge < -0.3 is 10.8 Å². The molecule has 0 bridgehead atoms. The van der Waals surface area contributed by atoms with Gasteiger partial charge in [-0.15, -0.1) is 0 Å². The second-order valence-corrected chi connectivity index (χ2v) is 4.40. The van der Waals surface area contributed by atoms with E-state index in [2.05, 4.69) is 19.9 Å². The Morgan fingerprint density at radius 2 is 2.29 bits per heavy atom. The Labute approximate surface area is 84.7 Å². The van der Waals surface area contributed by atoms with Crippen LogP contribution in [0.15, 0.2) is 18.2 Å². The van der Waals surface area contributed by atoms with Crippen LogP contribution in [0.5, 0.6) is 0 Å². The Balaban J connectivity index is 2.58. The smallest absolute Gasteiger partial charge is 0.0675 e. The highest BCUT2D eigenvalue weighted by molar-refractivity contribution is 5.44. The molecular formula is C12H17NO. The predicted molar refractivity (Wildman–Crippen MR) is 57.0 cm³/mol. The largest absolute Gasteiger partial charge is 0.394 e. The van der Waals surface area contributed by atoms with Crippen LogP contribution in [0.3, 0.4) is 0 Å². The molecule has 76 valence electrons. The van der Waals surface area contributed by atoms with Gasteiger partial charge in [-0.2, -0.15) is 0 Å². The van der Waals surface area contributed by atoms with Gasteiger partial charge in [0.05, 0.1) is 12.1 Å². The van der Waals surface area contributed by atoms with E-state index in [4.69, 9.17) is 5.73 Å². The molecule has 0 saturated carbocycles. The molecule has 0 heterocycles. The molecule has 2 rings (SSSR count). The van der Waals surface area contributed by atoms with Crippen molar-refractivity contribution < 1.29 is 5.11 Å². The van der Waals surface area contributed by atoms with Crippen molar-refractivity contribution in [2.75, 3.05) is 6.61 Å². The number of aliphatic hydroxyl groups is 1. The first-order valence-electron chi connectivity index (χ1n) is 5.08. The second-order valence-electron chi connectivity index (χ2n) is 4.40. The molecule has 0 aliphatic heterocycles. The average Bonchev–Trinajstić information content (AvgIpc) is 2.43. The summed E-state index contributed by atoms with van der Waals surface area (Å²) in [5.74, 6) is 0.323. The molecule has 1 aliphatic carbocycles. The summed E-state index contributed by atoms with van der Waals surface area (Å²) in [6.45, 7) is 4.24. The van der Waals surface area contributed by atoms with Crippen LogP contribution in [-0.2, 0) is 12.0 Å². The first kappa shape index (κ1) is 9.69. The lowest BCUT2D eigenvalue weighted by atomic mass is 9.86. The topological polar surface area (TPSA) is 46.2 Å². The number of aliphatic hydroxyl groups excluding tert-OH is 1. The highest BCUT2D eigenvalue weighted by Crippen LogP contribution is 2.40. The number of nitrogens with two attached hydrogens (primary N) is 1. The molecule has 14 heavy (non-hydrogen) atoms. The second kappa shape index (κ2) is 3.07. The predicted octanol–water partition coefficient (Wildman–Crippen LogP) is 1.33. The minimum absolute atomic E-state index is 0.0324. The van der Waals surface area contributed by atoms with Gasteiger partial charge in [0.2, 0.25) is 0 Å². The van der Waals surface area contributed by atoms with Gasteiger partial charge in [0.15, 0.2) is 0 Å². The number of hydrogen-bond acceptors (Lipinski definition) is 2. The molecule has 0 saturated heterocycles. The summed E-state index contributed by atoms with van der Waals surface area (Å²) in [6, 6.07) is 6.17. The van der Waals surface area contributed by atoms with E-state index < -0.39 is 5.54 Å². The van der Waals surface area contributed by atoms with Gasteiger partial charge >= 0.3 is 0 Å². The van der Waals surface area contributed by atoms with Crippen molar-refractivity contribution in [1.82, 2.24) is 0 Å². The lowest BCUT2D eigenvalue weighted by Crippen LogP contribution is -2.43. The fourth-order valence-electron chi connectivity index (χ4n) is 2.40. The van der Waals surface area contributed by atoms with Gasteiger partial charge in [0.1, 0.15) is 0 Å². The third-order valence-corrected chi connectivity index (χ3v) is 3.56. The maximum atomic E-state index is 9.41. The number of hydrogen-bond donors (Lipinski definition) is 2. The third kappa shape index (κ3) is 1.11. The Hall–Kier alpha value is -0.860. The van der Waals surface area contributed by atoms with E-state index in [0.717, 1.165) is 12.0 Å². The molecule has 2 atom stereocenters. The molecule has 0 spiro atoms. The Bertz CT molecular complexity index is 361. The van der Waals surface area contributed by atoms with Gasteiger partial charge in [-0.3, -0.25) is 0 Å². The summed E-state index contributed by atoms with van der Waals surface area (Å²) >= 11 is 0. The summed E-state index contributed by atoms with van der Waals surface area (Å²) in [5.41, 5.74) is 9.46. The van der Waals surface area contributed by atoms with Gasteiger partial charge in [-0.05, 0) is 36.0 Å². The van der Waals surface area contributed by atoms with E-state index in [0.29, 0.717) is 5.92 Å². The molecule has 0 aromatic heterocycles. The number of fused-ring (bicyclic) bond motifs is 1. The molecule has 2 nitrogen and oxygen atoms in total. The van der Waals surface area contributed by atoms with Crippen molar-refractivity contribution in [1.29, 1.82) is 0 Å². The summed E-state index contributed by atoms with van der Waals surface area (Å²) in [5, 5.41) is 9.41. The van der Waals surface area contributed by atoms with Crippen LogP contribution >= 0.6 is 0 Å². The molecule has 0 radical (unpaired) electrons. The van der Waals surface area contributed by atoms with Crippen LogP contribution in [0.1, 0.15) is 23.6 Å². The van der Waals surface area contributed by atoms with Crippen LogP contribution in [0, 0.1) is 12.8 Å². The highest BCUT2D eigenvalue weighted by atomic mass is 16.3. The molecular weight excluding hydrogens is 174 g/mol. The van der Waals surface area contributed by atoms with Crippen molar-refractivity contribution in [3.05, 3.63) is 34.9 Å². The van der Waals surface area contributed by atoms with Crippen molar-refractivity contribution in [3.63, 3.8) is 0 Å². The Morgan fingerprint density at radius 1 is 1.57 bits per heavy atom. The summed E-state index contributed by atoms with van der Waals surface area (Å²) < 4.78 is 0. The van der Waals surface area contributed by atoms with Crippen molar-refractivity contribution in [3.8, 4) is 0 Å². The normalized spacial score (nSPS) is 30.4. The maximum Gasteiger partial charge on any atom is 0.0675 e. The van der Waals surface area contributed by atoms with E-state index in [9.17, 15) is 5.11 Å². The molecule has 1 aromatic rings. The fraction of sp³-hybridized carbons (Fsp3) is 0.500. The van der Waals surface area contributed by atoms with Crippen LogP contribution in [0.4, 0.5) is 0 Å². The molecule has 0 amide bonds. The summed E-state index contributed by atoms with van der Waals surface area (Å²) in [7, 11) is 0. The minimum Gasteiger partial charge on any atom is -0.394 e. The van der Waals surface area contributed by atoms with Crippen molar-refractivity contribution >= 4 is 0 Å². The lowest BCUT2D eigenvalue weighted by Gasteiger charge is -2.27. The summed E-state index contributed by atoms with van der Waals surface area (Å²) in [6.07, 6.45) is 0.985. The van der Waals surface area contributed by atoms with E-state index in [-0.39, 0.29) is 6.61 Å². The zero-order valence-electron chi connectivity index (χ0n) is 8.75. The zero-order chi connectivity index (χ0) is 10.3. The van der Waals surface area contributed by atoms with Gasteiger partial charge in [0.25, 0.3) is 0 Å². The SMILES string of the molecule is Cc1cccc2c1CC(C)C2(N)CO. The van der Waals surface area contributed by atoms with E-state index >= 15 is 0 Å². The standard InChI is InChI=1S/C12H17NO/c1-8-4-3-5-11-10(8)6-9(2)12(11,13)7-14/h3-5,9,14H,6-7,13H2,1-2H3. The number of rotatable bonds is 1. The molecule has 1 aliphatic rings. The first-order chi connectivity index (χ1) is 6.59. The quantitative estimate of drug-likeness (QED) is 0.703. The van der Waals surface area contributed by atoms with E-state index in [1.54, 1.807) is 0 Å². The first-order valence-corrected chi connectivity index (χ1v) is 5.08. The van der Waals surface area contributed by atoms with Crippen LogP contribution < -0.4 is 5.73 Å². The third-order valence-electron chi connectivity index (χ3n) is 3.56. The van der Waals surface area contributed by atoms with Gasteiger partial charge in [0, 0.05) is 0 Å².